The summed E-state index contributed by atoms with van der Waals surface area (Å²) in [6.45, 7) is 5.37. The number of pyridine rings is 1. The minimum Gasteiger partial charge on any atom is -0.443 e. The summed E-state index contributed by atoms with van der Waals surface area (Å²) in [5.74, 6) is 0.686. The molecule has 6 nitrogen and oxygen atoms in total. The molecule has 1 aromatic carbocycles. The predicted octanol–water partition coefficient (Wildman–Crippen LogP) is 4.03. The van der Waals surface area contributed by atoms with Crippen molar-refractivity contribution < 1.29 is 9.21 Å². The van der Waals surface area contributed by atoms with E-state index in [4.69, 9.17) is 4.42 Å². The summed E-state index contributed by atoms with van der Waals surface area (Å²) in [5.41, 5.74) is 2.79. The average Bonchev–Trinajstić information content (AvgIpc) is 3.14. The van der Waals surface area contributed by atoms with Gasteiger partial charge in [-0.3, -0.25) is 4.98 Å². The van der Waals surface area contributed by atoms with Gasteiger partial charge in [0, 0.05) is 29.9 Å². The van der Waals surface area contributed by atoms with Crippen molar-refractivity contribution in [3.8, 4) is 11.3 Å². The van der Waals surface area contributed by atoms with Gasteiger partial charge in [-0.05, 0) is 17.7 Å². The lowest BCUT2D eigenvalue weighted by Gasteiger charge is -2.54. The summed E-state index contributed by atoms with van der Waals surface area (Å²) in [4.78, 5) is 23.0. The minimum absolute atomic E-state index is 0.0295. The summed E-state index contributed by atoms with van der Waals surface area (Å²) in [5, 5.41) is 2.98. The van der Waals surface area contributed by atoms with Crippen LogP contribution in [0.25, 0.3) is 11.3 Å². The Morgan fingerprint density at radius 2 is 1.96 bits per heavy atom. The molecule has 0 aliphatic carbocycles. The van der Waals surface area contributed by atoms with Gasteiger partial charge in [-0.15, -0.1) is 0 Å². The maximum absolute atomic E-state index is 12.8. The Balaban J connectivity index is 1.46. The molecule has 2 amide bonds. The van der Waals surface area contributed by atoms with Crippen molar-refractivity contribution in [3.05, 3.63) is 72.5 Å². The number of urea groups is 1. The number of nitrogens with zero attached hydrogens (tertiary/aromatic N) is 3. The van der Waals surface area contributed by atoms with E-state index < -0.39 is 0 Å². The molecule has 3 heterocycles. The molecule has 0 saturated carbocycles. The highest BCUT2D eigenvalue weighted by molar-refractivity contribution is 5.76. The lowest BCUT2D eigenvalue weighted by Crippen LogP contribution is -2.60. The molecule has 0 spiro atoms. The van der Waals surface area contributed by atoms with Crippen molar-refractivity contribution in [2.45, 2.75) is 26.4 Å². The monoisotopic (exact) mass is 362 g/mol. The number of benzene rings is 1. The van der Waals surface area contributed by atoms with Crippen LogP contribution in [0, 0.1) is 5.41 Å². The number of carbonyl (C=O) groups is 1. The van der Waals surface area contributed by atoms with Crippen LogP contribution in [-0.4, -0.2) is 27.4 Å². The summed E-state index contributed by atoms with van der Waals surface area (Å²) >= 11 is 0. The maximum Gasteiger partial charge on any atom is 0.318 e. The first kappa shape index (κ1) is 17.3. The normalized spacial score (nSPS) is 18.0. The Hall–Kier alpha value is -3.15. The number of carbonyl (C=O) groups excluding carboxylic acids is 1. The van der Waals surface area contributed by atoms with Crippen molar-refractivity contribution in [2.24, 2.45) is 5.41 Å². The van der Waals surface area contributed by atoms with Gasteiger partial charge in [-0.1, -0.05) is 44.2 Å². The fourth-order valence-corrected chi connectivity index (χ4v) is 3.77. The third-order valence-corrected chi connectivity index (χ3v) is 5.00. The minimum atomic E-state index is -0.0989. The van der Waals surface area contributed by atoms with Gasteiger partial charge in [-0.25, -0.2) is 9.78 Å². The number of aromatic nitrogens is 2. The van der Waals surface area contributed by atoms with Crippen molar-refractivity contribution in [1.82, 2.24) is 20.2 Å². The van der Waals surface area contributed by atoms with Crippen LogP contribution in [0.2, 0.25) is 0 Å². The maximum atomic E-state index is 12.8. The van der Waals surface area contributed by atoms with Crippen molar-refractivity contribution in [2.75, 3.05) is 6.54 Å². The van der Waals surface area contributed by atoms with Gasteiger partial charge < -0.3 is 14.6 Å². The molecule has 1 aliphatic rings. The molecule has 6 heteroatoms. The molecule has 1 atom stereocenters. The molecule has 4 rings (SSSR count). The van der Waals surface area contributed by atoms with Gasteiger partial charge >= 0.3 is 6.03 Å². The summed E-state index contributed by atoms with van der Waals surface area (Å²) < 4.78 is 5.52. The fraction of sp³-hybridized carbons (Fsp3) is 0.286. The zero-order valence-electron chi connectivity index (χ0n) is 15.4. The van der Waals surface area contributed by atoms with Crippen LogP contribution in [0.1, 0.15) is 31.1 Å². The number of oxazole rings is 1. The molecular formula is C21H22N4O2. The third-order valence-electron chi connectivity index (χ3n) is 5.00. The van der Waals surface area contributed by atoms with E-state index in [0.29, 0.717) is 18.8 Å². The summed E-state index contributed by atoms with van der Waals surface area (Å²) in [6.07, 6.45) is 4.94. The zero-order chi connectivity index (χ0) is 18.9. The van der Waals surface area contributed by atoms with Crippen molar-refractivity contribution in [1.29, 1.82) is 0 Å². The van der Waals surface area contributed by atoms with Crippen LogP contribution >= 0.6 is 0 Å². The second kappa shape index (κ2) is 6.87. The number of hydrogen-bond acceptors (Lipinski definition) is 4. The van der Waals surface area contributed by atoms with Crippen molar-refractivity contribution >= 4 is 6.03 Å². The van der Waals surface area contributed by atoms with Gasteiger partial charge in [0.05, 0.1) is 12.6 Å². The van der Waals surface area contributed by atoms with Crippen LogP contribution in [-0.2, 0) is 6.54 Å². The number of likely N-dealkylation sites (tertiary alicyclic amines) is 1. The predicted molar refractivity (Wildman–Crippen MR) is 102 cm³/mol. The number of nitrogens with one attached hydrogen (secondary N) is 1. The molecular weight excluding hydrogens is 340 g/mol. The third kappa shape index (κ3) is 3.30. The Labute approximate surface area is 158 Å². The van der Waals surface area contributed by atoms with E-state index in [1.54, 1.807) is 12.4 Å². The number of hydrogen-bond donors (Lipinski definition) is 1. The Morgan fingerprint density at radius 3 is 2.67 bits per heavy atom. The molecule has 1 saturated heterocycles. The van der Waals surface area contributed by atoms with E-state index in [1.807, 2.05) is 47.4 Å². The Morgan fingerprint density at radius 1 is 1.22 bits per heavy atom. The zero-order valence-corrected chi connectivity index (χ0v) is 15.4. The molecule has 0 radical (unpaired) electrons. The van der Waals surface area contributed by atoms with Crippen molar-refractivity contribution in [3.63, 3.8) is 0 Å². The van der Waals surface area contributed by atoms with Crippen LogP contribution in [0.4, 0.5) is 4.79 Å². The molecule has 3 aromatic rings. The van der Waals surface area contributed by atoms with Crippen LogP contribution in [0.15, 0.2) is 65.7 Å². The summed E-state index contributed by atoms with van der Waals surface area (Å²) in [7, 11) is 0. The van der Waals surface area contributed by atoms with Gasteiger partial charge in [0.2, 0.25) is 0 Å². The lowest BCUT2D eigenvalue weighted by atomic mass is 9.72. The SMILES string of the molecule is CC1(C)CN(C(=O)NCc2ncoc2-c2ccccc2)[C@H]1c1ccncc1. The topological polar surface area (TPSA) is 71.3 Å². The highest BCUT2D eigenvalue weighted by Crippen LogP contribution is 2.48. The van der Waals surface area contributed by atoms with E-state index in [0.717, 1.165) is 16.8 Å². The van der Waals surface area contributed by atoms with Gasteiger partial charge in [0.1, 0.15) is 5.69 Å². The smallest absolute Gasteiger partial charge is 0.318 e. The molecule has 1 N–H and O–H groups in total. The van der Waals surface area contributed by atoms with Gasteiger partial charge in [0.15, 0.2) is 12.2 Å². The standard InChI is InChI=1S/C21H22N4O2/c1-21(2)13-25(19(21)16-8-10-22-11-9-16)20(26)23-12-17-18(27-14-24-17)15-6-4-3-5-7-15/h3-11,14,19H,12-13H2,1-2H3,(H,23,26)/t19-/m0/s1. The first-order valence-electron chi connectivity index (χ1n) is 8.98. The van der Waals surface area contributed by atoms with E-state index in [-0.39, 0.29) is 17.5 Å². The van der Waals surface area contributed by atoms with Crippen LogP contribution < -0.4 is 5.32 Å². The molecule has 138 valence electrons. The molecule has 2 aromatic heterocycles. The first-order chi connectivity index (χ1) is 13.1. The highest BCUT2D eigenvalue weighted by atomic mass is 16.3. The van der Waals surface area contributed by atoms with E-state index >= 15 is 0 Å². The molecule has 1 aliphatic heterocycles. The molecule has 27 heavy (non-hydrogen) atoms. The highest BCUT2D eigenvalue weighted by Gasteiger charge is 2.48. The van der Waals surface area contributed by atoms with Crippen LogP contribution in [0.5, 0.6) is 0 Å². The molecule has 1 fully saturated rings. The van der Waals surface area contributed by atoms with Gasteiger partial charge in [0.25, 0.3) is 0 Å². The number of rotatable bonds is 4. The Kier molecular flexibility index (Phi) is 4.39. The van der Waals surface area contributed by atoms with E-state index in [2.05, 4.69) is 29.1 Å². The fourth-order valence-electron chi connectivity index (χ4n) is 3.77. The number of amides is 2. The average molecular weight is 362 g/mol. The van der Waals surface area contributed by atoms with Gasteiger partial charge in [-0.2, -0.15) is 0 Å². The first-order valence-corrected chi connectivity index (χ1v) is 8.98. The second-order valence-corrected chi connectivity index (χ2v) is 7.45. The second-order valence-electron chi connectivity index (χ2n) is 7.45. The Bertz CT molecular complexity index is 922. The lowest BCUT2D eigenvalue weighted by molar-refractivity contribution is -0.0166. The van der Waals surface area contributed by atoms with Crippen LogP contribution in [0.3, 0.4) is 0 Å². The largest absolute Gasteiger partial charge is 0.443 e. The van der Waals surface area contributed by atoms with E-state index in [9.17, 15) is 4.79 Å². The molecule has 0 unspecified atom stereocenters. The quantitative estimate of drug-likeness (QED) is 0.761. The molecule has 0 bridgehead atoms. The van der Waals surface area contributed by atoms with E-state index in [1.165, 1.54) is 6.39 Å². The summed E-state index contributed by atoms with van der Waals surface area (Å²) in [6, 6.07) is 13.6.